The first kappa shape index (κ1) is 18.3. The molecular weight excluding hydrogens is 352 g/mol. The third-order valence-corrected chi connectivity index (χ3v) is 6.07. The highest BCUT2D eigenvalue weighted by Gasteiger charge is 2.29. The van der Waals surface area contributed by atoms with E-state index >= 15 is 0 Å². The molecule has 1 unspecified atom stereocenters. The molecule has 3 rings (SSSR count). The van der Waals surface area contributed by atoms with Gasteiger partial charge in [-0.3, -0.25) is 4.79 Å². The Hall–Kier alpha value is -2.48. The zero-order valence-corrected chi connectivity index (χ0v) is 15.6. The van der Waals surface area contributed by atoms with Gasteiger partial charge in [-0.05, 0) is 30.0 Å². The number of sulfone groups is 1. The molecule has 0 radical (unpaired) electrons. The van der Waals surface area contributed by atoms with Crippen molar-refractivity contribution in [3.05, 3.63) is 47.9 Å². The van der Waals surface area contributed by atoms with Gasteiger partial charge in [-0.2, -0.15) is 0 Å². The molecule has 1 fully saturated rings. The van der Waals surface area contributed by atoms with Crippen LogP contribution in [0.3, 0.4) is 0 Å². The van der Waals surface area contributed by atoms with Crippen LogP contribution in [0, 0.1) is 0 Å². The summed E-state index contributed by atoms with van der Waals surface area (Å²) in [4.78, 5) is 20.5. The Kier molecular flexibility index (Phi) is 5.22. The zero-order chi connectivity index (χ0) is 18.7. The topological polar surface area (TPSA) is 101 Å². The van der Waals surface area contributed by atoms with Crippen LogP contribution in [0.15, 0.2) is 36.7 Å². The van der Waals surface area contributed by atoms with Gasteiger partial charge in [0.2, 0.25) is 0 Å². The molecule has 1 atom stereocenters. The van der Waals surface area contributed by atoms with Gasteiger partial charge in [-0.25, -0.2) is 18.4 Å². The molecule has 0 bridgehead atoms. The highest BCUT2D eigenvalue weighted by Crippen LogP contribution is 2.19. The molecule has 1 aliphatic rings. The maximum atomic E-state index is 12.2. The first-order chi connectivity index (χ1) is 12.3. The lowest BCUT2D eigenvalue weighted by molar-refractivity contribution is 0.0935. The summed E-state index contributed by atoms with van der Waals surface area (Å²) in [5, 5.41) is 5.83. The largest absolute Gasteiger partial charge is 0.347 e. The number of hydrogen-bond acceptors (Lipinski definition) is 6. The average Bonchev–Trinajstić information content (AvgIpc) is 2.94. The van der Waals surface area contributed by atoms with Crippen LogP contribution in [0.2, 0.25) is 0 Å². The van der Waals surface area contributed by atoms with Crippen molar-refractivity contribution in [2.75, 3.05) is 16.8 Å². The molecule has 1 aromatic carbocycles. The fourth-order valence-corrected chi connectivity index (χ4v) is 4.45. The lowest BCUT2D eigenvalue weighted by Crippen LogP contribution is -2.36. The van der Waals surface area contributed by atoms with E-state index in [2.05, 4.69) is 46.6 Å². The molecule has 8 heteroatoms. The Bertz CT molecular complexity index is 878. The number of amides is 1. The number of carbonyl (C=O) groups excluding carboxylic acids is 1. The molecule has 0 saturated carbocycles. The molecule has 7 nitrogen and oxygen atoms in total. The fraction of sp³-hybridized carbons (Fsp3) is 0.389. The minimum atomic E-state index is -3.03. The van der Waals surface area contributed by atoms with E-state index in [1.54, 1.807) is 0 Å². The molecule has 2 heterocycles. The maximum absolute atomic E-state index is 12.2. The predicted octanol–water partition coefficient (Wildman–Crippen LogP) is 2.26. The van der Waals surface area contributed by atoms with E-state index in [9.17, 15) is 13.2 Å². The Labute approximate surface area is 153 Å². The van der Waals surface area contributed by atoms with Crippen molar-refractivity contribution in [3.8, 4) is 0 Å². The summed E-state index contributed by atoms with van der Waals surface area (Å²) < 4.78 is 22.9. The second kappa shape index (κ2) is 7.41. The Balaban J connectivity index is 1.60. The molecule has 138 valence electrons. The van der Waals surface area contributed by atoms with Crippen molar-refractivity contribution in [1.82, 2.24) is 15.3 Å². The molecular formula is C18H22N4O3S. The summed E-state index contributed by atoms with van der Waals surface area (Å²) in [5.74, 6) is 0.687. The summed E-state index contributed by atoms with van der Waals surface area (Å²) in [6.45, 7) is 4.28. The molecule has 1 saturated heterocycles. The van der Waals surface area contributed by atoms with Gasteiger partial charge < -0.3 is 10.6 Å². The predicted molar refractivity (Wildman–Crippen MR) is 100 cm³/mol. The van der Waals surface area contributed by atoms with Gasteiger partial charge in [0, 0.05) is 11.7 Å². The van der Waals surface area contributed by atoms with E-state index in [1.807, 2.05) is 12.1 Å². The van der Waals surface area contributed by atoms with Gasteiger partial charge in [0.25, 0.3) is 5.91 Å². The Morgan fingerprint density at radius 1 is 1.15 bits per heavy atom. The summed E-state index contributed by atoms with van der Waals surface area (Å²) in [6.07, 6.45) is 3.30. The first-order valence-corrected chi connectivity index (χ1v) is 10.3. The van der Waals surface area contributed by atoms with Gasteiger partial charge in [0.1, 0.15) is 11.5 Å². The van der Waals surface area contributed by atoms with Gasteiger partial charge >= 0.3 is 0 Å². The van der Waals surface area contributed by atoms with E-state index < -0.39 is 15.7 Å². The number of benzene rings is 1. The molecule has 0 aliphatic carbocycles. The highest BCUT2D eigenvalue weighted by molar-refractivity contribution is 7.91. The van der Waals surface area contributed by atoms with E-state index in [0.717, 1.165) is 5.69 Å². The number of carbonyl (C=O) groups is 1. The summed E-state index contributed by atoms with van der Waals surface area (Å²) >= 11 is 0. The third kappa shape index (κ3) is 4.57. The smallest absolute Gasteiger partial charge is 0.271 e. The maximum Gasteiger partial charge on any atom is 0.271 e. The lowest BCUT2D eigenvalue weighted by atomic mass is 10.0. The lowest BCUT2D eigenvalue weighted by Gasteiger charge is -2.11. The minimum Gasteiger partial charge on any atom is -0.347 e. The van der Waals surface area contributed by atoms with E-state index in [4.69, 9.17) is 0 Å². The van der Waals surface area contributed by atoms with E-state index in [-0.39, 0.29) is 23.2 Å². The number of nitrogens with one attached hydrogen (secondary N) is 2. The van der Waals surface area contributed by atoms with Crippen LogP contribution in [-0.2, 0) is 9.84 Å². The van der Waals surface area contributed by atoms with Crippen molar-refractivity contribution in [3.63, 3.8) is 0 Å². The quantitative estimate of drug-likeness (QED) is 0.832. The van der Waals surface area contributed by atoms with E-state index in [1.165, 1.54) is 18.0 Å². The summed E-state index contributed by atoms with van der Waals surface area (Å²) in [6, 6.07) is 7.69. The van der Waals surface area contributed by atoms with Crippen LogP contribution in [0.1, 0.15) is 42.2 Å². The third-order valence-electron chi connectivity index (χ3n) is 4.30. The first-order valence-electron chi connectivity index (χ1n) is 8.53. The van der Waals surface area contributed by atoms with Crippen molar-refractivity contribution in [2.24, 2.45) is 0 Å². The standard InChI is InChI=1S/C18H22N4O3S/c1-12(2)13-3-5-14(6-4-13)21-17-10-19-16(9-20-17)18(23)22-15-7-8-26(24,25)11-15/h3-6,9-10,12,15H,7-8,11H2,1-2H3,(H,20,21)(H,22,23). The van der Waals surface area contributed by atoms with Crippen molar-refractivity contribution in [2.45, 2.75) is 32.2 Å². The second-order valence-corrected chi connectivity index (χ2v) is 8.99. The second-order valence-electron chi connectivity index (χ2n) is 6.76. The summed E-state index contributed by atoms with van der Waals surface area (Å²) in [7, 11) is -3.03. The monoisotopic (exact) mass is 374 g/mol. The van der Waals surface area contributed by atoms with Crippen LogP contribution in [0.4, 0.5) is 11.5 Å². The summed E-state index contributed by atoms with van der Waals surface area (Å²) in [5.41, 5.74) is 2.30. The van der Waals surface area contributed by atoms with Gasteiger partial charge in [0.05, 0.1) is 23.9 Å². The van der Waals surface area contributed by atoms with E-state index in [0.29, 0.717) is 18.2 Å². The number of aromatic nitrogens is 2. The van der Waals surface area contributed by atoms with Crippen LogP contribution >= 0.6 is 0 Å². The number of anilines is 2. The number of nitrogens with zero attached hydrogens (tertiary/aromatic N) is 2. The Morgan fingerprint density at radius 3 is 2.42 bits per heavy atom. The molecule has 1 aromatic heterocycles. The molecule has 2 aromatic rings. The Morgan fingerprint density at radius 2 is 1.88 bits per heavy atom. The molecule has 1 aliphatic heterocycles. The van der Waals surface area contributed by atoms with Crippen LogP contribution in [0.5, 0.6) is 0 Å². The minimum absolute atomic E-state index is 0.0157. The van der Waals surface area contributed by atoms with Crippen molar-refractivity contribution in [1.29, 1.82) is 0 Å². The van der Waals surface area contributed by atoms with Crippen molar-refractivity contribution < 1.29 is 13.2 Å². The van der Waals surface area contributed by atoms with Crippen LogP contribution in [-0.4, -0.2) is 41.8 Å². The highest BCUT2D eigenvalue weighted by atomic mass is 32.2. The van der Waals surface area contributed by atoms with Gasteiger partial charge in [-0.15, -0.1) is 0 Å². The van der Waals surface area contributed by atoms with Gasteiger partial charge in [-0.1, -0.05) is 26.0 Å². The fourth-order valence-electron chi connectivity index (χ4n) is 2.78. The van der Waals surface area contributed by atoms with Crippen LogP contribution < -0.4 is 10.6 Å². The SMILES string of the molecule is CC(C)c1ccc(Nc2cnc(C(=O)NC3CCS(=O)(=O)C3)cn2)cc1. The molecule has 1 amide bonds. The van der Waals surface area contributed by atoms with Crippen LogP contribution in [0.25, 0.3) is 0 Å². The molecule has 0 spiro atoms. The molecule has 26 heavy (non-hydrogen) atoms. The van der Waals surface area contributed by atoms with Crippen molar-refractivity contribution >= 4 is 27.2 Å². The van der Waals surface area contributed by atoms with Gasteiger partial charge in [0.15, 0.2) is 9.84 Å². The number of hydrogen-bond donors (Lipinski definition) is 2. The number of rotatable bonds is 5. The average molecular weight is 374 g/mol. The normalized spacial score (nSPS) is 18.7. The zero-order valence-electron chi connectivity index (χ0n) is 14.8. The molecule has 2 N–H and O–H groups in total.